The molecule has 0 unspecified atom stereocenters. The third-order valence-electron chi connectivity index (χ3n) is 19.1. The smallest absolute Gasteiger partial charge is 0.304 e. The summed E-state index contributed by atoms with van der Waals surface area (Å²) in [7, 11) is 16.3. The lowest BCUT2D eigenvalue weighted by atomic mass is 9.87. The number of likely N-dealkylation sites (N-methyl/N-ethyl adjacent to an activating group) is 4. The van der Waals surface area contributed by atoms with Gasteiger partial charge in [-0.1, -0.05) is 73.2 Å². The number of benzene rings is 2. The number of methoxy groups -OCH3 is 2. The van der Waals surface area contributed by atoms with Crippen molar-refractivity contribution in [3.8, 4) is 0 Å². The zero-order chi connectivity index (χ0) is 74.8. The molecule has 1 aromatic heterocycles. The van der Waals surface area contributed by atoms with E-state index in [1.165, 1.54) is 60.0 Å². The molecule has 2 aromatic carbocycles. The minimum absolute atomic E-state index is 0.0145. The van der Waals surface area contributed by atoms with Crippen molar-refractivity contribution >= 4 is 82.4 Å². The number of aromatic nitrogens is 1. The maximum absolute atomic E-state index is 14.8. The van der Waals surface area contributed by atoms with Crippen molar-refractivity contribution < 1.29 is 72.4 Å². The molecule has 0 bridgehead atoms. The summed E-state index contributed by atoms with van der Waals surface area (Å²) in [6.45, 7) is 0.715. The highest BCUT2D eigenvalue weighted by atomic mass is 35.5. The van der Waals surface area contributed by atoms with Crippen LogP contribution >= 0.6 is 23.2 Å². The molecule has 0 radical (unpaired) electrons. The fraction of sp³-hybridized carbons (Fsp3) is 0.620. The Labute approximate surface area is 603 Å². The molecule has 30 heteroatoms. The standard InChI is InChI=1S/C71H107Cl2N13O15/c1-80(2)30-28-54(74)66(93)78-58(42-100-9)70(97)82(5)51(34-44-19-23-49(72)24-20-44)40-62(87)76-56-15-11-13-17-60(56)84(7)68(95)47(38-64(89)90)33-46-27-32-86(99)53(36-46)37-48(39-65(91)92)69(96)85(8)61-18-14-12-16-57(61)77-63(88)41-52(35-45-21-25-50(73)26-22-45)83(6)71(98)59(43-101-10)79-67(94)55(75)29-31-81(3)4/h19-27,32,36,47-48,51-52,54-61H,11-18,28-31,33-35,37-43,74-75H2,1-10H3,(H,76,87)(H,77,88)(H,78,93)(H,79,94)(H,89,90)(H,91,92)/t47-,48-,51+,52+,54+,55+,56+,57+,58+,59+,60+,61+/m1/s1. The summed E-state index contributed by atoms with van der Waals surface area (Å²) >= 11 is 12.5. The molecule has 2 fully saturated rings. The van der Waals surface area contributed by atoms with Gasteiger partial charge >= 0.3 is 11.9 Å². The number of aliphatic carboxylic acids is 2. The van der Waals surface area contributed by atoms with Crippen molar-refractivity contribution in [2.24, 2.45) is 23.3 Å². The van der Waals surface area contributed by atoms with Crippen LogP contribution in [-0.2, 0) is 83.1 Å². The molecule has 101 heavy (non-hydrogen) atoms. The normalized spacial score (nSPS) is 18.5. The van der Waals surface area contributed by atoms with E-state index < -0.39 is 144 Å². The highest BCUT2D eigenvalue weighted by Gasteiger charge is 2.40. The van der Waals surface area contributed by atoms with Crippen LogP contribution in [0, 0.1) is 17.0 Å². The topological polar surface area (TPSA) is 376 Å². The highest BCUT2D eigenvalue weighted by Crippen LogP contribution is 2.29. The van der Waals surface area contributed by atoms with Crippen LogP contribution in [0.4, 0.5) is 0 Å². The zero-order valence-corrected chi connectivity index (χ0v) is 61.6. The summed E-state index contributed by atoms with van der Waals surface area (Å²) in [6, 6.07) is 8.78. The Morgan fingerprint density at radius 2 is 0.911 bits per heavy atom. The fourth-order valence-electron chi connectivity index (χ4n) is 13.3. The van der Waals surface area contributed by atoms with Crippen LogP contribution in [0.1, 0.15) is 112 Å². The predicted molar refractivity (Wildman–Crippen MR) is 381 cm³/mol. The lowest BCUT2D eigenvalue weighted by molar-refractivity contribution is -0.614. The monoisotopic (exact) mass is 1450 g/mol. The molecule has 8 amide bonds. The first kappa shape index (κ1) is 84.1. The van der Waals surface area contributed by atoms with Gasteiger partial charge in [-0.15, -0.1) is 0 Å². The van der Waals surface area contributed by atoms with E-state index in [1.54, 1.807) is 62.6 Å². The molecule has 1 heterocycles. The number of ether oxygens (including phenoxy) is 2. The first-order valence-corrected chi connectivity index (χ1v) is 35.2. The van der Waals surface area contributed by atoms with E-state index in [0.29, 0.717) is 97.6 Å². The first-order valence-electron chi connectivity index (χ1n) is 34.5. The molecule has 2 aliphatic rings. The van der Waals surface area contributed by atoms with Crippen molar-refractivity contribution in [3.63, 3.8) is 0 Å². The SMILES string of the molecule is COC[C@H](NC(=O)[C@@H](N)CCN(C)C)C(=O)N(C)[C@H](CC(=O)N[C@H]1CCCC[C@@H]1N(C)C(=O)[C@@H](CC(=O)O)Cc1cc[n+]([O-])c(C[C@H](CC(=O)O)C(=O)N(C)[C@H]2CCCC[C@@H]2NC(=O)C[C@H](Cc2ccc(Cl)cc2)N(C)C(=O)[C@H](COC)NC(=O)[C@@H](N)CCN(C)C)c1)Cc1ccc(Cl)cc1. The number of nitrogens with zero attached hydrogens (tertiary/aromatic N) is 7. The Bertz CT molecular complexity index is 3240. The number of pyridine rings is 1. The average Bonchev–Trinajstić information content (AvgIpc) is 0.825. The van der Waals surface area contributed by atoms with Gasteiger partial charge in [0.2, 0.25) is 47.3 Å². The Morgan fingerprint density at radius 1 is 0.535 bits per heavy atom. The van der Waals surface area contributed by atoms with Crippen LogP contribution in [0.3, 0.4) is 0 Å². The molecule has 3 aromatic rings. The quantitative estimate of drug-likeness (QED) is 0.0299. The number of hydrogen-bond acceptors (Lipinski definition) is 17. The molecule has 0 spiro atoms. The molecule has 2 aliphatic carbocycles. The van der Waals surface area contributed by atoms with Crippen LogP contribution in [-0.4, -0.2) is 256 Å². The van der Waals surface area contributed by atoms with Gasteiger partial charge in [0.1, 0.15) is 12.1 Å². The van der Waals surface area contributed by atoms with E-state index >= 15 is 0 Å². The number of nitrogens with two attached hydrogens (primary N) is 2. The molecule has 12 atom stereocenters. The van der Waals surface area contributed by atoms with Gasteiger partial charge in [0.25, 0.3) is 0 Å². The van der Waals surface area contributed by atoms with Crippen molar-refractivity contribution in [2.45, 2.75) is 176 Å². The molecule has 0 aliphatic heterocycles. The summed E-state index contributed by atoms with van der Waals surface area (Å²) in [5, 5.41) is 46.8. The van der Waals surface area contributed by atoms with Gasteiger partial charge in [-0.25, -0.2) is 0 Å². The van der Waals surface area contributed by atoms with E-state index in [2.05, 4.69) is 21.3 Å². The molecule has 28 nitrogen and oxygen atoms in total. The van der Waals surface area contributed by atoms with Crippen molar-refractivity contribution in [3.05, 3.63) is 104 Å². The van der Waals surface area contributed by atoms with Crippen LogP contribution in [0.15, 0.2) is 66.9 Å². The summed E-state index contributed by atoms with van der Waals surface area (Å²) in [5.74, 6) is -9.22. The Morgan fingerprint density at radius 3 is 1.28 bits per heavy atom. The zero-order valence-electron chi connectivity index (χ0n) is 60.1. The number of hydrogen-bond donors (Lipinski definition) is 8. The Hall–Kier alpha value is -7.57. The second kappa shape index (κ2) is 41.5. The van der Waals surface area contributed by atoms with Crippen LogP contribution in [0.2, 0.25) is 10.0 Å². The molecule has 560 valence electrons. The number of carboxylic acids is 2. The van der Waals surface area contributed by atoms with Crippen LogP contribution < -0.4 is 37.5 Å². The lowest BCUT2D eigenvalue weighted by Gasteiger charge is -2.40. The number of carbonyl (C=O) groups excluding carboxylic acids is 8. The summed E-state index contributed by atoms with van der Waals surface area (Å²) < 4.78 is 11.2. The van der Waals surface area contributed by atoms with Gasteiger partial charge in [0.15, 0.2) is 11.9 Å². The van der Waals surface area contributed by atoms with E-state index in [-0.39, 0.29) is 57.4 Å². The molecule has 0 saturated heterocycles. The Balaban J connectivity index is 1.32. The molecule has 2 saturated carbocycles. The second-order valence-corrected chi connectivity index (χ2v) is 28.4. The van der Waals surface area contributed by atoms with Gasteiger partial charge in [-0.2, -0.15) is 4.73 Å². The first-order chi connectivity index (χ1) is 47.8. The third-order valence-corrected chi connectivity index (χ3v) is 19.6. The second-order valence-electron chi connectivity index (χ2n) is 27.5. The summed E-state index contributed by atoms with van der Waals surface area (Å²) in [5.41, 5.74) is 14.3. The number of amides is 8. The fourth-order valence-corrected chi connectivity index (χ4v) is 13.5. The van der Waals surface area contributed by atoms with Crippen molar-refractivity contribution in [1.29, 1.82) is 0 Å². The van der Waals surface area contributed by atoms with E-state index in [9.17, 15) is 63.4 Å². The van der Waals surface area contributed by atoms with E-state index in [0.717, 1.165) is 17.3 Å². The number of rotatable bonds is 40. The third kappa shape index (κ3) is 27.0. The molecular weight excluding hydrogens is 1350 g/mol. The van der Waals surface area contributed by atoms with Crippen molar-refractivity contribution in [2.75, 3.05) is 96.9 Å². The largest absolute Gasteiger partial charge is 0.619 e. The summed E-state index contributed by atoms with van der Waals surface area (Å²) in [6.07, 6.45) is 4.61. The number of carbonyl (C=O) groups is 10. The molecule has 5 rings (SSSR count). The maximum Gasteiger partial charge on any atom is 0.304 e. The minimum Gasteiger partial charge on any atom is -0.619 e. The molecule has 10 N–H and O–H groups in total. The Kier molecular flexibility index (Phi) is 34.6. The maximum atomic E-state index is 14.8. The van der Waals surface area contributed by atoms with E-state index in [1.807, 2.05) is 38.0 Å². The lowest BCUT2D eigenvalue weighted by Crippen LogP contribution is -2.57. The molecular formula is C71H107Cl2N13O15. The number of carboxylic acid groups (broad SMARTS) is 2. The van der Waals surface area contributed by atoms with Gasteiger partial charge in [0.05, 0.1) is 62.1 Å². The van der Waals surface area contributed by atoms with Gasteiger partial charge < -0.3 is 87.0 Å². The van der Waals surface area contributed by atoms with Crippen molar-refractivity contribution in [1.82, 2.24) is 50.7 Å². The minimum atomic E-state index is -1.32. The highest BCUT2D eigenvalue weighted by molar-refractivity contribution is 6.30. The van der Waals surface area contributed by atoms with Crippen LogP contribution in [0.5, 0.6) is 0 Å². The number of halogens is 2. The average molecular weight is 1450 g/mol. The van der Waals surface area contributed by atoms with Gasteiger partial charge in [-0.05, 0) is 140 Å². The summed E-state index contributed by atoms with van der Waals surface area (Å²) in [4.78, 5) is 148. The van der Waals surface area contributed by atoms with E-state index in [4.69, 9.17) is 44.1 Å². The number of nitrogens with one attached hydrogen (secondary N) is 4. The predicted octanol–water partition coefficient (Wildman–Crippen LogP) is 2.41. The van der Waals surface area contributed by atoms with Crippen LogP contribution in [0.25, 0.3) is 0 Å². The van der Waals surface area contributed by atoms with Gasteiger partial charge in [0, 0.05) is 108 Å². The van der Waals surface area contributed by atoms with Gasteiger partial charge in [-0.3, -0.25) is 47.9 Å².